The molecule has 0 heterocycles. The van der Waals surface area contributed by atoms with Crippen LogP contribution in [0.3, 0.4) is 0 Å². The van der Waals surface area contributed by atoms with Crippen LogP contribution in [0.1, 0.15) is 12.0 Å². The predicted molar refractivity (Wildman–Crippen MR) is 85.3 cm³/mol. The van der Waals surface area contributed by atoms with Crippen molar-refractivity contribution in [1.29, 1.82) is 0 Å². The number of nitrogens with zero attached hydrogens (tertiary/aromatic N) is 1. The fourth-order valence-corrected chi connectivity index (χ4v) is 2.14. The number of benzene rings is 2. The van der Waals surface area contributed by atoms with Crippen molar-refractivity contribution in [2.24, 2.45) is 0 Å². The summed E-state index contributed by atoms with van der Waals surface area (Å²) < 4.78 is 5.74. The number of ether oxygens (including phenoxy) is 1. The lowest BCUT2D eigenvalue weighted by Gasteiger charge is -2.11. The molecular formula is C18H23NO. The molecule has 0 aromatic heterocycles. The minimum Gasteiger partial charge on any atom is -0.494 e. The molecule has 106 valence electrons. The van der Waals surface area contributed by atoms with Crippen LogP contribution in [0.15, 0.2) is 48.5 Å². The SMILES string of the molecule is Cc1cccc(-c2ccc(OCCCN(C)C)cc2)c1. The third kappa shape index (κ3) is 4.39. The Labute approximate surface area is 122 Å². The average Bonchev–Trinajstić information content (AvgIpc) is 2.44. The maximum Gasteiger partial charge on any atom is 0.119 e. The Balaban J connectivity index is 1.93. The molecule has 2 nitrogen and oxygen atoms in total. The van der Waals surface area contributed by atoms with Gasteiger partial charge in [0.05, 0.1) is 6.61 Å². The summed E-state index contributed by atoms with van der Waals surface area (Å²) in [5.74, 6) is 0.945. The third-order valence-electron chi connectivity index (χ3n) is 3.22. The van der Waals surface area contributed by atoms with E-state index in [4.69, 9.17) is 4.74 Å². The van der Waals surface area contributed by atoms with Crippen molar-refractivity contribution in [1.82, 2.24) is 4.90 Å². The highest BCUT2D eigenvalue weighted by atomic mass is 16.5. The highest BCUT2D eigenvalue weighted by Crippen LogP contribution is 2.23. The molecule has 0 aliphatic heterocycles. The van der Waals surface area contributed by atoms with Gasteiger partial charge in [0, 0.05) is 6.54 Å². The third-order valence-corrected chi connectivity index (χ3v) is 3.22. The Morgan fingerprint density at radius 3 is 2.35 bits per heavy atom. The molecule has 2 aromatic rings. The molecule has 0 atom stereocenters. The van der Waals surface area contributed by atoms with E-state index in [9.17, 15) is 0 Å². The first kappa shape index (κ1) is 14.6. The van der Waals surface area contributed by atoms with Gasteiger partial charge < -0.3 is 9.64 Å². The fourth-order valence-electron chi connectivity index (χ4n) is 2.14. The van der Waals surface area contributed by atoms with Crippen molar-refractivity contribution in [2.75, 3.05) is 27.2 Å². The van der Waals surface area contributed by atoms with Crippen LogP contribution in [-0.4, -0.2) is 32.1 Å². The molecule has 0 spiro atoms. The summed E-state index contributed by atoms with van der Waals surface area (Å²) >= 11 is 0. The second kappa shape index (κ2) is 7.11. The number of hydrogen-bond acceptors (Lipinski definition) is 2. The van der Waals surface area contributed by atoms with Gasteiger partial charge in [-0.25, -0.2) is 0 Å². The normalized spacial score (nSPS) is 10.8. The summed E-state index contributed by atoms with van der Waals surface area (Å²) in [5.41, 5.74) is 3.77. The minimum atomic E-state index is 0.766. The lowest BCUT2D eigenvalue weighted by Crippen LogP contribution is -2.15. The molecule has 0 bridgehead atoms. The number of hydrogen-bond donors (Lipinski definition) is 0. The van der Waals surface area contributed by atoms with Gasteiger partial charge in [0.25, 0.3) is 0 Å². The lowest BCUT2D eigenvalue weighted by atomic mass is 10.0. The van der Waals surface area contributed by atoms with E-state index in [0.29, 0.717) is 0 Å². The first-order valence-electron chi connectivity index (χ1n) is 7.10. The first-order valence-corrected chi connectivity index (χ1v) is 7.10. The summed E-state index contributed by atoms with van der Waals surface area (Å²) in [6, 6.07) is 16.9. The molecule has 20 heavy (non-hydrogen) atoms. The summed E-state index contributed by atoms with van der Waals surface area (Å²) in [6.45, 7) is 3.94. The van der Waals surface area contributed by atoms with Crippen LogP contribution in [0.2, 0.25) is 0 Å². The second-order valence-corrected chi connectivity index (χ2v) is 5.40. The fraction of sp³-hybridized carbons (Fsp3) is 0.333. The van der Waals surface area contributed by atoms with E-state index in [0.717, 1.165) is 25.3 Å². The largest absolute Gasteiger partial charge is 0.494 e. The van der Waals surface area contributed by atoms with Crippen LogP contribution < -0.4 is 4.74 Å². The summed E-state index contributed by atoms with van der Waals surface area (Å²) in [6.07, 6.45) is 1.05. The van der Waals surface area contributed by atoms with Crippen LogP contribution in [0.5, 0.6) is 5.75 Å². The minimum absolute atomic E-state index is 0.766. The van der Waals surface area contributed by atoms with Gasteiger partial charge in [0.15, 0.2) is 0 Å². The van der Waals surface area contributed by atoms with Crippen LogP contribution in [0, 0.1) is 6.92 Å². The maximum absolute atomic E-state index is 5.74. The van der Waals surface area contributed by atoms with E-state index in [1.165, 1.54) is 16.7 Å². The zero-order chi connectivity index (χ0) is 14.4. The summed E-state index contributed by atoms with van der Waals surface area (Å²) in [4.78, 5) is 2.17. The smallest absolute Gasteiger partial charge is 0.119 e. The summed E-state index contributed by atoms with van der Waals surface area (Å²) in [5, 5.41) is 0. The van der Waals surface area contributed by atoms with E-state index < -0.39 is 0 Å². The monoisotopic (exact) mass is 269 g/mol. The Morgan fingerprint density at radius 2 is 1.70 bits per heavy atom. The predicted octanol–water partition coefficient (Wildman–Crippen LogP) is 3.99. The molecule has 0 saturated heterocycles. The molecule has 0 amide bonds. The van der Waals surface area contributed by atoms with E-state index in [2.05, 4.69) is 62.3 Å². The summed E-state index contributed by atoms with van der Waals surface area (Å²) in [7, 11) is 4.16. The van der Waals surface area contributed by atoms with Crippen LogP contribution in [0.25, 0.3) is 11.1 Å². The zero-order valence-electron chi connectivity index (χ0n) is 12.6. The van der Waals surface area contributed by atoms with Crippen molar-refractivity contribution >= 4 is 0 Å². The Bertz CT molecular complexity index is 531. The Morgan fingerprint density at radius 1 is 0.950 bits per heavy atom. The first-order chi connectivity index (χ1) is 9.65. The molecule has 0 fully saturated rings. The Hall–Kier alpha value is -1.80. The van der Waals surface area contributed by atoms with Gasteiger partial charge in [0.2, 0.25) is 0 Å². The van der Waals surface area contributed by atoms with Crippen LogP contribution in [-0.2, 0) is 0 Å². The molecule has 0 saturated carbocycles. The van der Waals surface area contributed by atoms with Crippen molar-refractivity contribution in [3.8, 4) is 16.9 Å². The highest BCUT2D eigenvalue weighted by molar-refractivity contribution is 5.64. The lowest BCUT2D eigenvalue weighted by molar-refractivity contribution is 0.281. The van der Waals surface area contributed by atoms with Crippen molar-refractivity contribution in [2.45, 2.75) is 13.3 Å². The molecule has 0 radical (unpaired) electrons. The molecule has 0 aliphatic rings. The van der Waals surface area contributed by atoms with Crippen molar-refractivity contribution in [3.05, 3.63) is 54.1 Å². The molecule has 0 N–H and O–H groups in total. The van der Waals surface area contributed by atoms with E-state index in [-0.39, 0.29) is 0 Å². The quantitative estimate of drug-likeness (QED) is 0.735. The Kier molecular flexibility index (Phi) is 5.19. The number of aryl methyl sites for hydroxylation is 1. The van der Waals surface area contributed by atoms with Gasteiger partial charge in [0.1, 0.15) is 5.75 Å². The molecule has 2 rings (SSSR count). The molecule has 2 heteroatoms. The van der Waals surface area contributed by atoms with E-state index >= 15 is 0 Å². The number of rotatable bonds is 6. The van der Waals surface area contributed by atoms with Crippen LogP contribution >= 0.6 is 0 Å². The van der Waals surface area contributed by atoms with E-state index in [1.54, 1.807) is 0 Å². The van der Waals surface area contributed by atoms with Crippen molar-refractivity contribution < 1.29 is 4.74 Å². The van der Waals surface area contributed by atoms with Crippen LogP contribution in [0.4, 0.5) is 0 Å². The second-order valence-electron chi connectivity index (χ2n) is 5.40. The highest BCUT2D eigenvalue weighted by Gasteiger charge is 1.99. The van der Waals surface area contributed by atoms with Gasteiger partial charge in [-0.1, -0.05) is 42.0 Å². The maximum atomic E-state index is 5.74. The van der Waals surface area contributed by atoms with Gasteiger partial charge in [-0.15, -0.1) is 0 Å². The van der Waals surface area contributed by atoms with Gasteiger partial charge in [-0.2, -0.15) is 0 Å². The molecule has 2 aromatic carbocycles. The zero-order valence-corrected chi connectivity index (χ0v) is 12.6. The molecular weight excluding hydrogens is 246 g/mol. The van der Waals surface area contributed by atoms with E-state index in [1.807, 2.05) is 12.1 Å². The molecule has 0 unspecified atom stereocenters. The van der Waals surface area contributed by atoms with Gasteiger partial charge in [-0.05, 0) is 50.7 Å². The van der Waals surface area contributed by atoms with Crippen molar-refractivity contribution in [3.63, 3.8) is 0 Å². The topological polar surface area (TPSA) is 12.5 Å². The van der Waals surface area contributed by atoms with Gasteiger partial charge in [-0.3, -0.25) is 0 Å². The van der Waals surface area contributed by atoms with Gasteiger partial charge >= 0.3 is 0 Å². The average molecular weight is 269 g/mol. The molecule has 0 aliphatic carbocycles. The standard InChI is InChI=1S/C18H23NO/c1-15-6-4-7-17(14-15)16-8-10-18(11-9-16)20-13-5-12-19(2)3/h4,6-11,14H,5,12-13H2,1-3H3.